The van der Waals surface area contributed by atoms with E-state index in [1.165, 1.54) is 0 Å². The van der Waals surface area contributed by atoms with Gasteiger partial charge >= 0.3 is 0 Å². The highest BCUT2D eigenvalue weighted by molar-refractivity contribution is 8.13. The normalized spacial score (nSPS) is 18.1. The Kier molecular flexibility index (Phi) is 4.54. The lowest BCUT2D eigenvalue weighted by Gasteiger charge is -2.27. The van der Waals surface area contributed by atoms with Crippen molar-refractivity contribution in [1.82, 2.24) is 0 Å². The minimum absolute atomic E-state index is 0.0562. The van der Waals surface area contributed by atoms with Gasteiger partial charge in [0.25, 0.3) is 0 Å². The molecule has 0 radical (unpaired) electrons. The second-order valence-electron chi connectivity index (χ2n) is 5.28. The minimum atomic E-state index is -3.64. The van der Waals surface area contributed by atoms with Gasteiger partial charge in [0, 0.05) is 34.3 Å². The van der Waals surface area contributed by atoms with E-state index >= 15 is 0 Å². The van der Waals surface area contributed by atoms with Gasteiger partial charge in [0.15, 0.2) is 0 Å². The Bertz CT molecular complexity index is 563. The first-order valence-corrected chi connectivity index (χ1v) is 8.77. The van der Waals surface area contributed by atoms with Crippen LogP contribution in [0.5, 0.6) is 5.75 Å². The summed E-state index contributed by atoms with van der Waals surface area (Å²) in [5.41, 5.74) is -0.566. The van der Waals surface area contributed by atoms with Crippen LogP contribution in [0.4, 0.5) is 8.78 Å². The third kappa shape index (κ3) is 4.31. The van der Waals surface area contributed by atoms with E-state index in [9.17, 15) is 17.2 Å². The molecule has 0 amide bonds. The summed E-state index contributed by atoms with van der Waals surface area (Å²) < 4.78 is 54.1. The molecular weight excluding hydrogens is 310 g/mol. The van der Waals surface area contributed by atoms with E-state index in [1.54, 1.807) is 0 Å². The van der Waals surface area contributed by atoms with Crippen LogP contribution in [0.2, 0.25) is 0 Å². The third-order valence-corrected chi connectivity index (χ3v) is 4.81. The first-order chi connectivity index (χ1) is 9.28. The van der Waals surface area contributed by atoms with E-state index in [4.69, 9.17) is 15.4 Å². The SMILES string of the molecule is O=S(=O)(Cl)CC1(COc2cc(F)cc(F)c2)CCCC1. The predicted molar refractivity (Wildman–Crippen MR) is 72.4 cm³/mol. The van der Waals surface area contributed by atoms with Gasteiger partial charge in [-0.3, -0.25) is 0 Å². The quantitative estimate of drug-likeness (QED) is 0.779. The molecule has 0 bridgehead atoms. The highest BCUT2D eigenvalue weighted by Crippen LogP contribution is 2.40. The van der Waals surface area contributed by atoms with E-state index in [2.05, 4.69) is 0 Å². The topological polar surface area (TPSA) is 43.4 Å². The Morgan fingerprint density at radius 3 is 2.20 bits per heavy atom. The molecule has 0 N–H and O–H groups in total. The second kappa shape index (κ2) is 5.85. The van der Waals surface area contributed by atoms with Crippen molar-refractivity contribution in [2.75, 3.05) is 12.4 Å². The molecule has 2 rings (SSSR count). The molecule has 0 atom stereocenters. The van der Waals surface area contributed by atoms with E-state index in [0.29, 0.717) is 12.8 Å². The molecule has 1 aromatic rings. The van der Waals surface area contributed by atoms with E-state index in [-0.39, 0.29) is 18.1 Å². The number of ether oxygens (including phenoxy) is 1. The van der Waals surface area contributed by atoms with Crippen molar-refractivity contribution in [1.29, 1.82) is 0 Å². The average Bonchev–Trinajstić information content (AvgIpc) is 2.72. The van der Waals surface area contributed by atoms with Crippen molar-refractivity contribution in [3.8, 4) is 5.75 Å². The Balaban J connectivity index is 2.09. The lowest BCUT2D eigenvalue weighted by Crippen LogP contribution is -2.32. The standard InChI is InChI=1S/C13H15ClF2O3S/c14-20(17,18)9-13(3-1-2-4-13)8-19-12-6-10(15)5-11(16)7-12/h5-7H,1-4,8-9H2. The van der Waals surface area contributed by atoms with Crippen LogP contribution in [0, 0.1) is 17.0 Å². The van der Waals surface area contributed by atoms with Crippen LogP contribution in [0.3, 0.4) is 0 Å². The van der Waals surface area contributed by atoms with E-state index < -0.39 is 26.1 Å². The van der Waals surface area contributed by atoms with Crippen molar-refractivity contribution in [2.45, 2.75) is 25.7 Å². The summed E-state index contributed by atoms with van der Waals surface area (Å²) in [5, 5.41) is 0. The lowest BCUT2D eigenvalue weighted by molar-refractivity contribution is 0.170. The number of hydrogen-bond acceptors (Lipinski definition) is 3. The van der Waals surface area contributed by atoms with E-state index in [1.807, 2.05) is 0 Å². The van der Waals surface area contributed by atoms with Gasteiger partial charge in [0.1, 0.15) is 17.4 Å². The Morgan fingerprint density at radius 2 is 1.70 bits per heavy atom. The number of halogens is 3. The molecule has 1 aliphatic rings. The number of rotatable bonds is 5. The van der Waals surface area contributed by atoms with Crippen molar-refractivity contribution < 1.29 is 21.9 Å². The first-order valence-electron chi connectivity index (χ1n) is 6.29. The molecule has 7 heteroatoms. The average molecular weight is 325 g/mol. The van der Waals surface area contributed by atoms with Gasteiger partial charge in [0.2, 0.25) is 9.05 Å². The number of hydrogen-bond donors (Lipinski definition) is 0. The van der Waals surface area contributed by atoms with Crippen LogP contribution in [0.1, 0.15) is 25.7 Å². The summed E-state index contributed by atoms with van der Waals surface area (Å²) >= 11 is 0. The van der Waals surface area contributed by atoms with Crippen LogP contribution in [0.15, 0.2) is 18.2 Å². The van der Waals surface area contributed by atoms with Gasteiger partial charge in [-0.25, -0.2) is 17.2 Å². The molecule has 1 aromatic carbocycles. The number of benzene rings is 1. The van der Waals surface area contributed by atoms with Crippen LogP contribution in [-0.2, 0) is 9.05 Å². The molecule has 0 spiro atoms. The van der Waals surface area contributed by atoms with Crippen LogP contribution in [0.25, 0.3) is 0 Å². The van der Waals surface area contributed by atoms with Crippen molar-refractivity contribution in [3.63, 3.8) is 0 Å². The van der Waals surface area contributed by atoms with Gasteiger partial charge < -0.3 is 4.74 Å². The second-order valence-corrected chi connectivity index (χ2v) is 8.06. The molecule has 3 nitrogen and oxygen atoms in total. The molecule has 0 aromatic heterocycles. The zero-order valence-electron chi connectivity index (χ0n) is 10.7. The summed E-state index contributed by atoms with van der Waals surface area (Å²) in [7, 11) is 1.69. The van der Waals surface area contributed by atoms with Crippen LogP contribution in [-0.4, -0.2) is 20.8 Å². The maximum atomic E-state index is 13.1. The fourth-order valence-electron chi connectivity index (χ4n) is 2.67. The summed E-state index contributed by atoms with van der Waals surface area (Å²) in [6, 6.07) is 2.89. The molecule has 20 heavy (non-hydrogen) atoms. The fourth-order valence-corrected chi connectivity index (χ4v) is 4.47. The summed E-state index contributed by atoms with van der Waals surface area (Å²) in [6.45, 7) is 0.0852. The molecule has 0 heterocycles. The Morgan fingerprint density at radius 1 is 1.15 bits per heavy atom. The molecule has 0 unspecified atom stereocenters. The first kappa shape index (κ1) is 15.5. The monoisotopic (exact) mass is 324 g/mol. The van der Waals surface area contributed by atoms with Crippen LogP contribution < -0.4 is 4.74 Å². The summed E-state index contributed by atoms with van der Waals surface area (Å²) in [6.07, 6.45) is 3.15. The fraction of sp³-hybridized carbons (Fsp3) is 0.538. The largest absolute Gasteiger partial charge is 0.493 e. The van der Waals surface area contributed by atoms with Gasteiger partial charge in [-0.2, -0.15) is 0 Å². The maximum absolute atomic E-state index is 13.1. The Labute approximate surface area is 121 Å². The maximum Gasteiger partial charge on any atom is 0.233 e. The summed E-state index contributed by atoms with van der Waals surface area (Å²) in [5.74, 6) is -1.59. The van der Waals surface area contributed by atoms with Gasteiger partial charge in [-0.05, 0) is 12.8 Å². The highest BCUT2D eigenvalue weighted by Gasteiger charge is 2.38. The lowest BCUT2D eigenvalue weighted by atomic mass is 9.90. The zero-order chi connectivity index (χ0) is 14.8. The van der Waals surface area contributed by atoms with Crippen molar-refractivity contribution in [3.05, 3.63) is 29.8 Å². The molecule has 1 aliphatic carbocycles. The highest BCUT2D eigenvalue weighted by atomic mass is 35.7. The van der Waals surface area contributed by atoms with Crippen LogP contribution >= 0.6 is 10.7 Å². The smallest absolute Gasteiger partial charge is 0.233 e. The molecule has 1 saturated carbocycles. The van der Waals surface area contributed by atoms with Gasteiger partial charge in [-0.15, -0.1) is 0 Å². The van der Waals surface area contributed by atoms with E-state index in [0.717, 1.165) is 31.0 Å². The van der Waals surface area contributed by atoms with Crippen molar-refractivity contribution in [2.24, 2.45) is 5.41 Å². The van der Waals surface area contributed by atoms with Gasteiger partial charge in [0.05, 0.1) is 12.4 Å². The molecular formula is C13H15ClF2O3S. The minimum Gasteiger partial charge on any atom is -0.493 e. The zero-order valence-corrected chi connectivity index (χ0v) is 12.3. The van der Waals surface area contributed by atoms with Crippen molar-refractivity contribution >= 4 is 19.7 Å². The predicted octanol–water partition coefficient (Wildman–Crippen LogP) is 3.47. The van der Waals surface area contributed by atoms with Gasteiger partial charge in [-0.1, -0.05) is 12.8 Å². The summed E-state index contributed by atoms with van der Waals surface area (Å²) in [4.78, 5) is 0. The third-order valence-electron chi connectivity index (χ3n) is 3.52. The molecule has 0 aliphatic heterocycles. The molecule has 112 valence electrons. The Hall–Kier alpha value is -0.880. The molecule has 1 fully saturated rings. The molecule has 0 saturated heterocycles.